The van der Waals surface area contributed by atoms with Gasteiger partial charge in [-0.1, -0.05) is 62.5 Å². The predicted molar refractivity (Wildman–Crippen MR) is 113 cm³/mol. The third kappa shape index (κ3) is 6.01. The number of benzene rings is 2. The van der Waals surface area contributed by atoms with E-state index < -0.39 is 6.09 Å². The number of nitrogens with zero attached hydrogens (tertiary/aromatic N) is 2. The average Bonchev–Trinajstić information content (AvgIpc) is 2.73. The SMILES string of the molecule is CCCCC(CC)CNC(=O)c1cc(N=NC(=O)OCC)c2ccccc2c1O. The quantitative estimate of drug-likeness (QED) is 0.526. The molecule has 2 rings (SSSR count). The highest BCUT2D eigenvalue weighted by molar-refractivity contribution is 6.07. The first kappa shape index (κ1) is 22.3. The van der Waals surface area contributed by atoms with Gasteiger partial charge in [-0.15, -0.1) is 5.11 Å². The molecule has 0 aliphatic rings. The summed E-state index contributed by atoms with van der Waals surface area (Å²) in [4.78, 5) is 24.3. The van der Waals surface area contributed by atoms with Crippen LogP contribution in [0.25, 0.3) is 10.8 Å². The number of amides is 2. The lowest BCUT2D eigenvalue weighted by molar-refractivity contribution is 0.0943. The van der Waals surface area contributed by atoms with Crippen molar-refractivity contribution in [2.45, 2.75) is 46.5 Å². The Morgan fingerprint density at radius 1 is 1.17 bits per heavy atom. The van der Waals surface area contributed by atoms with Crippen LogP contribution in [0, 0.1) is 5.92 Å². The molecule has 156 valence electrons. The first-order chi connectivity index (χ1) is 14.0. The Bertz CT molecular complexity index is 880. The zero-order valence-corrected chi connectivity index (χ0v) is 17.3. The van der Waals surface area contributed by atoms with Crippen molar-refractivity contribution in [2.75, 3.05) is 13.2 Å². The number of azo groups is 1. The summed E-state index contributed by atoms with van der Waals surface area (Å²) in [6.45, 7) is 6.66. The fourth-order valence-corrected chi connectivity index (χ4v) is 3.12. The lowest BCUT2D eigenvalue weighted by Crippen LogP contribution is -2.29. The van der Waals surface area contributed by atoms with Crippen LogP contribution in [-0.2, 0) is 4.74 Å². The highest BCUT2D eigenvalue weighted by atomic mass is 16.5. The van der Waals surface area contributed by atoms with Crippen molar-refractivity contribution in [3.63, 3.8) is 0 Å². The molecule has 0 aromatic heterocycles. The Morgan fingerprint density at radius 2 is 1.90 bits per heavy atom. The second kappa shape index (κ2) is 11.1. The van der Waals surface area contributed by atoms with E-state index in [1.165, 1.54) is 6.07 Å². The molecule has 29 heavy (non-hydrogen) atoms. The van der Waals surface area contributed by atoms with Gasteiger partial charge in [0, 0.05) is 17.3 Å². The lowest BCUT2D eigenvalue weighted by Gasteiger charge is -2.16. The van der Waals surface area contributed by atoms with E-state index >= 15 is 0 Å². The Hall–Kier alpha value is -2.96. The highest BCUT2D eigenvalue weighted by Crippen LogP contribution is 2.36. The van der Waals surface area contributed by atoms with Crippen molar-refractivity contribution >= 4 is 28.5 Å². The second-order valence-electron chi connectivity index (χ2n) is 6.86. The maximum Gasteiger partial charge on any atom is 0.452 e. The van der Waals surface area contributed by atoms with Gasteiger partial charge in [0.25, 0.3) is 5.91 Å². The van der Waals surface area contributed by atoms with Crippen LogP contribution in [0.2, 0.25) is 0 Å². The van der Waals surface area contributed by atoms with Crippen LogP contribution in [0.1, 0.15) is 56.8 Å². The number of phenols is 1. The topological polar surface area (TPSA) is 100 Å². The van der Waals surface area contributed by atoms with Gasteiger partial charge in [-0.3, -0.25) is 4.79 Å². The summed E-state index contributed by atoms with van der Waals surface area (Å²) in [5, 5.41) is 22.1. The van der Waals surface area contributed by atoms with Gasteiger partial charge in [0.2, 0.25) is 0 Å². The summed E-state index contributed by atoms with van der Waals surface area (Å²) in [5.74, 6) is -0.102. The summed E-state index contributed by atoms with van der Waals surface area (Å²) in [5.41, 5.74) is 0.418. The van der Waals surface area contributed by atoms with Crippen LogP contribution in [0.4, 0.5) is 10.5 Å². The van der Waals surface area contributed by atoms with Gasteiger partial charge in [-0.2, -0.15) is 0 Å². The summed E-state index contributed by atoms with van der Waals surface area (Å²) in [6.07, 6.45) is 3.45. The second-order valence-corrected chi connectivity index (χ2v) is 6.86. The Kier molecular flexibility index (Phi) is 8.58. The molecule has 0 spiro atoms. The lowest BCUT2D eigenvalue weighted by atomic mass is 9.99. The summed E-state index contributed by atoms with van der Waals surface area (Å²) < 4.78 is 4.76. The number of ether oxygens (including phenoxy) is 1. The normalized spacial score (nSPS) is 12.2. The predicted octanol–water partition coefficient (Wildman–Crippen LogP) is 5.73. The number of hydrogen-bond donors (Lipinski definition) is 2. The molecule has 0 saturated heterocycles. The number of fused-ring (bicyclic) bond motifs is 1. The summed E-state index contributed by atoms with van der Waals surface area (Å²) >= 11 is 0. The molecule has 0 radical (unpaired) electrons. The minimum absolute atomic E-state index is 0.104. The minimum Gasteiger partial charge on any atom is -0.506 e. The number of phenolic OH excluding ortho intramolecular Hbond substituents is 1. The average molecular weight is 399 g/mol. The van der Waals surface area contributed by atoms with Gasteiger partial charge in [-0.05, 0) is 25.3 Å². The third-order valence-corrected chi connectivity index (χ3v) is 4.84. The largest absolute Gasteiger partial charge is 0.506 e. The molecule has 2 N–H and O–H groups in total. The maximum atomic E-state index is 12.8. The van der Waals surface area contributed by atoms with Crippen LogP contribution in [0.5, 0.6) is 5.75 Å². The Balaban J connectivity index is 2.31. The Morgan fingerprint density at radius 3 is 2.55 bits per heavy atom. The van der Waals surface area contributed by atoms with Crippen molar-refractivity contribution in [1.82, 2.24) is 5.32 Å². The van der Waals surface area contributed by atoms with Crippen molar-refractivity contribution < 1.29 is 19.4 Å². The maximum absolute atomic E-state index is 12.8. The molecule has 0 saturated carbocycles. The number of rotatable bonds is 9. The number of aromatic hydroxyl groups is 1. The third-order valence-electron chi connectivity index (χ3n) is 4.84. The van der Waals surface area contributed by atoms with E-state index in [0.29, 0.717) is 28.9 Å². The molecule has 7 heteroatoms. The minimum atomic E-state index is -0.808. The molecular formula is C22H29N3O4. The van der Waals surface area contributed by atoms with E-state index in [0.717, 1.165) is 25.7 Å². The van der Waals surface area contributed by atoms with Crippen LogP contribution in [-0.4, -0.2) is 30.3 Å². The Labute approximate surface area is 171 Å². The molecule has 2 aromatic carbocycles. The molecule has 1 atom stereocenters. The number of unbranched alkanes of at least 4 members (excludes halogenated alkanes) is 1. The number of nitrogens with one attached hydrogen (secondary N) is 1. The van der Waals surface area contributed by atoms with Crippen LogP contribution in [0.3, 0.4) is 0 Å². The molecule has 0 bridgehead atoms. The number of carbonyl (C=O) groups excluding carboxylic acids is 2. The van der Waals surface area contributed by atoms with Gasteiger partial charge in [0.15, 0.2) is 0 Å². The van der Waals surface area contributed by atoms with Gasteiger partial charge in [-0.25, -0.2) is 4.79 Å². The first-order valence-corrected chi connectivity index (χ1v) is 10.1. The molecule has 2 amide bonds. The van der Waals surface area contributed by atoms with Gasteiger partial charge < -0.3 is 15.2 Å². The van der Waals surface area contributed by atoms with E-state index in [-0.39, 0.29) is 23.8 Å². The number of carbonyl (C=O) groups is 2. The molecular weight excluding hydrogens is 370 g/mol. The standard InChI is InChI=1S/C22H29N3O4/c1-4-7-10-15(5-2)14-23-21(27)18-13-19(24-25-22(28)29-6-3)16-11-8-9-12-17(16)20(18)26/h8-9,11-13,15,26H,4-7,10,14H2,1-3H3,(H,23,27). The van der Waals surface area contributed by atoms with Crippen LogP contribution < -0.4 is 5.32 Å². The van der Waals surface area contributed by atoms with E-state index in [9.17, 15) is 14.7 Å². The molecule has 0 aliphatic heterocycles. The highest BCUT2D eigenvalue weighted by Gasteiger charge is 2.18. The zero-order valence-electron chi connectivity index (χ0n) is 17.3. The molecule has 2 aromatic rings. The molecule has 0 aliphatic carbocycles. The van der Waals surface area contributed by atoms with Crippen LogP contribution in [0.15, 0.2) is 40.6 Å². The monoisotopic (exact) mass is 399 g/mol. The van der Waals surface area contributed by atoms with Crippen molar-refractivity contribution in [3.05, 3.63) is 35.9 Å². The van der Waals surface area contributed by atoms with E-state index in [2.05, 4.69) is 29.4 Å². The summed E-state index contributed by atoms with van der Waals surface area (Å²) in [7, 11) is 0. The first-order valence-electron chi connectivity index (χ1n) is 10.1. The number of hydrogen-bond acceptors (Lipinski definition) is 5. The molecule has 1 unspecified atom stereocenters. The van der Waals surface area contributed by atoms with E-state index in [1.807, 2.05) is 0 Å². The van der Waals surface area contributed by atoms with Crippen LogP contribution >= 0.6 is 0 Å². The molecule has 7 nitrogen and oxygen atoms in total. The summed E-state index contributed by atoms with van der Waals surface area (Å²) in [6, 6.07) is 8.43. The van der Waals surface area contributed by atoms with Gasteiger partial charge in [0.1, 0.15) is 5.75 Å². The smallest absolute Gasteiger partial charge is 0.452 e. The van der Waals surface area contributed by atoms with E-state index in [4.69, 9.17) is 4.74 Å². The van der Waals surface area contributed by atoms with Gasteiger partial charge >= 0.3 is 6.09 Å². The van der Waals surface area contributed by atoms with Crippen molar-refractivity contribution in [3.8, 4) is 5.75 Å². The fourth-order valence-electron chi connectivity index (χ4n) is 3.12. The van der Waals surface area contributed by atoms with Crippen molar-refractivity contribution in [1.29, 1.82) is 0 Å². The van der Waals surface area contributed by atoms with Crippen molar-refractivity contribution in [2.24, 2.45) is 16.1 Å². The van der Waals surface area contributed by atoms with Gasteiger partial charge in [0.05, 0.1) is 17.9 Å². The fraction of sp³-hybridized carbons (Fsp3) is 0.455. The molecule has 0 fully saturated rings. The zero-order chi connectivity index (χ0) is 21.2. The molecule has 0 heterocycles. The van der Waals surface area contributed by atoms with E-state index in [1.54, 1.807) is 31.2 Å².